The lowest BCUT2D eigenvalue weighted by atomic mass is 9.87. The van der Waals surface area contributed by atoms with Gasteiger partial charge in [0.1, 0.15) is 42.0 Å². The van der Waals surface area contributed by atoms with Crippen molar-refractivity contribution in [2.75, 3.05) is 72.7 Å². The van der Waals surface area contributed by atoms with Crippen molar-refractivity contribution in [3.05, 3.63) is 124 Å². The number of alkyl halides is 2. The number of aromatic nitrogens is 5. The van der Waals surface area contributed by atoms with Crippen LogP contribution in [0, 0.1) is 17.1 Å². The molecule has 1 saturated carbocycles. The Morgan fingerprint density at radius 1 is 0.976 bits per heavy atom. The monoisotopic (exact) mass is 1170 g/mol. The van der Waals surface area contributed by atoms with Gasteiger partial charge in [-0.05, 0) is 80.5 Å². The summed E-state index contributed by atoms with van der Waals surface area (Å²) >= 11 is 6.66. The van der Waals surface area contributed by atoms with Crippen molar-refractivity contribution < 1.29 is 55.3 Å². The molecule has 434 valence electrons. The van der Waals surface area contributed by atoms with Crippen molar-refractivity contribution in [3.63, 3.8) is 0 Å². The first-order chi connectivity index (χ1) is 39.6. The number of carbonyl (C=O) groups excluding carboxylic acids is 3. The summed E-state index contributed by atoms with van der Waals surface area (Å²) in [5.74, 6) is -4.75. The molecule has 0 spiro atoms. The van der Waals surface area contributed by atoms with Crippen LogP contribution in [0.25, 0.3) is 5.65 Å². The maximum Gasteiger partial charge on any atom is 0.252 e. The predicted molar refractivity (Wildman–Crippen MR) is 297 cm³/mol. The van der Waals surface area contributed by atoms with Crippen molar-refractivity contribution >= 4 is 68.1 Å². The fraction of sp³-hybridized carbons (Fsp3) is 0.429. The van der Waals surface area contributed by atoms with Gasteiger partial charge in [-0.25, -0.2) is 41.3 Å². The van der Waals surface area contributed by atoms with Crippen LogP contribution in [0.15, 0.2) is 96.3 Å². The zero-order valence-corrected chi connectivity index (χ0v) is 46.4. The standard InChI is InChI=1S/C56H62ClF3N12O9S/c1-2-38-35-65-72-48(29-49(68-53(38)72)69-18-6-5-7-41(69)15-19-73)63-33-37-10-12-50(64-34-37)81-24-23-80-22-21-79-20-17-66-82(77,78)43-27-39(58)26-42(28-43)70(55(76)46-11-13-51(74)71(46)47-25-36(32-61)14-16-62-47)52(44-8-3-4-9-45(44)57)54(75)67-40-30-56(59,60)31-40/h3-4,8-10,12,14,16,25-29,34-35,40-41,46,52,63,66,73H,2,5-7,11,13,15,17-24,30-31,33H2,1H3,(H,67,75)/t41-,46-,52?/m0/s1. The van der Waals surface area contributed by atoms with Crippen LogP contribution in [0.3, 0.4) is 0 Å². The molecule has 26 heteroatoms. The number of nitrogens with one attached hydrogen (secondary N) is 3. The van der Waals surface area contributed by atoms with E-state index in [4.69, 9.17) is 30.8 Å². The number of halogens is 4. The highest BCUT2D eigenvalue weighted by atomic mass is 35.5. The Hall–Kier alpha value is -7.47. The van der Waals surface area contributed by atoms with Crippen molar-refractivity contribution in [1.29, 1.82) is 5.26 Å². The number of aryl methyl sites for hydroxylation is 1. The number of hydrogen-bond acceptors (Lipinski definition) is 16. The minimum atomic E-state index is -4.56. The number of aliphatic hydroxyl groups is 1. The average Bonchev–Trinajstić information content (AvgIpc) is 4.26. The lowest BCUT2D eigenvalue weighted by Crippen LogP contribution is -2.56. The van der Waals surface area contributed by atoms with Crippen LogP contribution in [-0.2, 0) is 46.8 Å². The van der Waals surface area contributed by atoms with Crippen LogP contribution in [0.1, 0.15) is 86.6 Å². The summed E-state index contributed by atoms with van der Waals surface area (Å²) in [6, 6.07) is 14.6. The second-order valence-corrected chi connectivity index (χ2v) is 22.2. The highest BCUT2D eigenvalue weighted by molar-refractivity contribution is 7.89. The number of ether oxygens (including phenoxy) is 3. The van der Waals surface area contributed by atoms with Crippen LogP contribution < -0.4 is 34.8 Å². The molecule has 4 aromatic heterocycles. The summed E-state index contributed by atoms with van der Waals surface area (Å²) in [6.07, 6.45) is 7.78. The van der Waals surface area contributed by atoms with Crippen molar-refractivity contribution in [1.82, 2.24) is 34.6 Å². The summed E-state index contributed by atoms with van der Waals surface area (Å²) in [4.78, 5) is 60.2. The van der Waals surface area contributed by atoms with E-state index in [2.05, 4.69) is 42.2 Å². The van der Waals surface area contributed by atoms with Crippen LogP contribution >= 0.6 is 11.6 Å². The Morgan fingerprint density at radius 3 is 2.51 bits per heavy atom. The third-order valence-electron chi connectivity index (χ3n) is 14.4. The Labute approximate surface area is 476 Å². The van der Waals surface area contributed by atoms with Crippen LogP contribution in [-0.4, -0.2) is 133 Å². The minimum Gasteiger partial charge on any atom is -0.475 e. The third-order valence-corrected chi connectivity index (χ3v) is 16.2. The molecule has 9 rings (SSSR count). The van der Waals surface area contributed by atoms with Crippen molar-refractivity contribution in [2.45, 2.75) is 106 Å². The van der Waals surface area contributed by atoms with Gasteiger partial charge in [-0.15, -0.1) is 0 Å². The maximum absolute atomic E-state index is 15.9. The summed E-state index contributed by atoms with van der Waals surface area (Å²) in [5.41, 5.74) is 2.39. The number of rotatable bonds is 26. The molecule has 3 amide bonds. The van der Waals surface area contributed by atoms with Gasteiger partial charge in [0.15, 0.2) is 5.65 Å². The van der Waals surface area contributed by atoms with Crippen LogP contribution in [0.5, 0.6) is 5.88 Å². The first kappa shape index (κ1) is 59.2. The van der Waals surface area contributed by atoms with Gasteiger partial charge in [-0.1, -0.05) is 42.8 Å². The van der Waals surface area contributed by atoms with E-state index in [1.807, 2.05) is 28.9 Å². The predicted octanol–water partition coefficient (Wildman–Crippen LogP) is 6.67. The third kappa shape index (κ3) is 14.0. The highest BCUT2D eigenvalue weighted by Crippen LogP contribution is 2.41. The lowest BCUT2D eigenvalue weighted by molar-refractivity contribution is -0.133. The van der Waals surface area contributed by atoms with Gasteiger partial charge in [0.05, 0.1) is 49.2 Å². The van der Waals surface area contributed by atoms with Gasteiger partial charge >= 0.3 is 0 Å². The summed E-state index contributed by atoms with van der Waals surface area (Å²) in [6.45, 7) is 3.71. The molecule has 0 radical (unpaired) electrons. The fourth-order valence-corrected chi connectivity index (χ4v) is 11.6. The number of aliphatic hydroxyl groups excluding tert-OH is 1. The molecule has 1 unspecified atom stereocenters. The van der Waals surface area contributed by atoms with E-state index in [0.717, 1.165) is 82.6 Å². The number of hydrogen-bond donors (Lipinski definition) is 4. The Morgan fingerprint density at radius 2 is 1.77 bits per heavy atom. The topological polar surface area (TPSA) is 259 Å². The molecule has 6 aromatic rings. The number of fused-ring (bicyclic) bond motifs is 1. The van der Waals surface area contributed by atoms with Gasteiger partial charge in [0.25, 0.3) is 11.8 Å². The number of piperidine rings is 1. The normalized spacial score (nSPS) is 17.5. The Kier molecular flexibility index (Phi) is 19.2. The zero-order valence-electron chi connectivity index (χ0n) is 44.9. The number of nitriles is 1. The molecule has 2 saturated heterocycles. The molecule has 0 bridgehead atoms. The van der Waals surface area contributed by atoms with Crippen LogP contribution in [0.2, 0.25) is 5.02 Å². The molecule has 2 aliphatic heterocycles. The second-order valence-electron chi connectivity index (χ2n) is 20.0. The Balaban J connectivity index is 0.788. The van der Waals surface area contributed by atoms with Crippen LogP contribution in [0.4, 0.5) is 36.3 Å². The summed E-state index contributed by atoms with van der Waals surface area (Å²) in [5, 5.41) is 29.9. The van der Waals surface area contributed by atoms with E-state index in [0.29, 0.717) is 24.9 Å². The number of amides is 3. The van der Waals surface area contributed by atoms with Crippen molar-refractivity contribution in [3.8, 4) is 11.9 Å². The molecule has 21 nitrogen and oxygen atoms in total. The largest absolute Gasteiger partial charge is 0.475 e. The molecule has 82 heavy (non-hydrogen) atoms. The van der Waals surface area contributed by atoms with E-state index in [9.17, 15) is 37.2 Å². The number of anilines is 4. The van der Waals surface area contributed by atoms with Gasteiger partial charge in [-0.2, -0.15) is 14.9 Å². The molecule has 3 fully saturated rings. The molecule has 3 aliphatic rings. The SMILES string of the molecule is CCc1cnn2c(NCc3ccc(OCCOCCOCCNS(=O)(=O)c4cc(F)cc(N(C(=O)[C@@H]5CCC(=O)N5c5cc(C#N)ccn5)C(C(=O)NC5CC(F)(F)C5)c5ccccc5Cl)c4)nc3)cc(N3CCCC[C@H]3CCO)nc12. The van der Waals surface area contributed by atoms with E-state index >= 15 is 9.18 Å². The van der Waals surface area contributed by atoms with Gasteiger partial charge in [0, 0.05) is 104 Å². The Bertz CT molecular complexity index is 3400. The molecule has 6 heterocycles. The second kappa shape index (κ2) is 26.6. The summed E-state index contributed by atoms with van der Waals surface area (Å²) < 4.78 is 92.8. The van der Waals surface area contributed by atoms with Crippen molar-refractivity contribution in [2.24, 2.45) is 0 Å². The number of nitrogens with zero attached hydrogens (tertiary/aromatic N) is 9. The molecular formula is C56H62ClF3N12O9S. The molecular weight excluding hydrogens is 1110 g/mol. The molecule has 3 atom stereocenters. The smallest absolute Gasteiger partial charge is 0.252 e. The van der Waals surface area contributed by atoms with E-state index < -0.39 is 81.0 Å². The quantitative estimate of drug-likeness (QED) is 0.0413. The van der Waals surface area contributed by atoms with E-state index in [1.54, 1.807) is 18.3 Å². The lowest BCUT2D eigenvalue weighted by Gasteiger charge is -2.39. The highest BCUT2D eigenvalue weighted by Gasteiger charge is 2.49. The number of pyridine rings is 2. The van der Waals surface area contributed by atoms with Gasteiger partial charge in [0.2, 0.25) is 27.7 Å². The molecule has 4 N–H and O–H groups in total. The van der Waals surface area contributed by atoms with E-state index in [1.165, 1.54) is 36.5 Å². The average molecular weight is 1170 g/mol. The van der Waals surface area contributed by atoms with Gasteiger partial charge in [-0.3, -0.25) is 24.2 Å². The first-order valence-corrected chi connectivity index (χ1v) is 28.9. The number of benzene rings is 2. The summed E-state index contributed by atoms with van der Waals surface area (Å²) in [7, 11) is -4.56. The molecule has 1 aliphatic carbocycles. The van der Waals surface area contributed by atoms with E-state index in [-0.39, 0.29) is 87.0 Å². The number of carbonyl (C=O) groups is 3. The maximum atomic E-state index is 15.9. The van der Waals surface area contributed by atoms with Gasteiger partial charge < -0.3 is 34.9 Å². The first-order valence-electron chi connectivity index (χ1n) is 27.0. The zero-order chi connectivity index (χ0) is 58.0. The number of sulfonamides is 1. The molecule has 2 aromatic carbocycles. The minimum absolute atomic E-state index is 0.0184. The fourth-order valence-electron chi connectivity index (χ4n) is 10.3.